The van der Waals surface area contributed by atoms with Gasteiger partial charge in [-0.2, -0.15) is 0 Å². The highest BCUT2D eigenvalue weighted by molar-refractivity contribution is 9.10. The van der Waals surface area contributed by atoms with E-state index in [9.17, 15) is 13.2 Å². The second-order valence-electron chi connectivity index (χ2n) is 4.60. The third kappa shape index (κ3) is 4.41. The van der Waals surface area contributed by atoms with Gasteiger partial charge in [0.05, 0.1) is 17.1 Å². The molecule has 0 amide bonds. The first-order valence-corrected chi connectivity index (χ1v) is 8.59. The van der Waals surface area contributed by atoms with Crippen molar-refractivity contribution in [3.05, 3.63) is 64.1 Å². The van der Waals surface area contributed by atoms with Gasteiger partial charge in [0, 0.05) is 4.47 Å². The van der Waals surface area contributed by atoms with Crippen LogP contribution in [0.4, 0.5) is 0 Å². The molecule has 0 radical (unpaired) electrons. The van der Waals surface area contributed by atoms with Crippen molar-refractivity contribution >= 4 is 31.7 Å². The Morgan fingerprint density at radius 1 is 1.05 bits per heavy atom. The summed E-state index contributed by atoms with van der Waals surface area (Å²) in [5, 5.41) is 8.70. The van der Waals surface area contributed by atoms with E-state index in [1.807, 2.05) is 0 Å². The van der Waals surface area contributed by atoms with Crippen molar-refractivity contribution in [3.8, 4) is 0 Å². The van der Waals surface area contributed by atoms with Crippen LogP contribution in [-0.2, 0) is 26.8 Å². The molecule has 2 aromatic rings. The van der Waals surface area contributed by atoms with Crippen LogP contribution in [0.2, 0.25) is 0 Å². The molecule has 0 fully saturated rings. The van der Waals surface area contributed by atoms with Crippen LogP contribution < -0.4 is 0 Å². The largest absolute Gasteiger partial charge is 0.481 e. The molecular weight excluding hydrogens is 356 g/mol. The van der Waals surface area contributed by atoms with Crippen LogP contribution in [0.25, 0.3) is 0 Å². The highest BCUT2D eigenvalue weighted by atomic mass is 79.9. The summed E-state index contributed by atoms with van der Waals surface area (Å²) in [5.41, 5.74) is 1.27. The van der Waals surface area contributed by atoms with Crippen molar-refractivity contribution in [2.24, 2.45) is 0 Å². The normalized spacial score (nSPS) is 11.3. The van der Waals surface area contributed by atoms with Crippen molar-refractivity contribution in [3.63, 3.8) is 0 Å². The summed E-state index contributed by atoms with van der Waals surface area (Å²) in [4.78, 5) is 10.9. The maximum Gasteiger partial charge on any atom is 0.307 e. The minimum Gasteiger partial charge on any atom is -0.481 e. The lowest BCUT2D eigenvalue weighted by Gasteiger charge is -2.06. The highest BCUT2D eigenvalue weighted by Crippen LogP contribution is 2.20. The quantitative estimate of drug-likeness (QED) is 0.880. The molecule has 2 rings (SSSR count). The van der Waals surface area contributed by atoms with Gasteiger partial charge in [-0.25, -0.2) is 8.42 Å². The fourth-order valence-electron chi connectivity index (χ4n) is 1.89. The number of aliphatic carboxylic acids is 1. The Kier molecular flexibility index (Phi) is 4.80. The van der Waals surface area contributed by atoms with E-state index >= 15 is 0 Å². The molecule has 0 aliphatic rings. The number of carboxylic acids is 1. The topological polar surface area (TPSA) is 71.4 Å². The van der Waals surface area contributed by atoms with E-state index in [1.54, 1.807) is 48.5 Å². The third-order valence-corrected chi connectivity index (χ3v) is 5.07. The predicted molar refractivity (Wildman–Crippen MR) is 82.8 cm³/mol. The lowest BCUT2D eigenvalue weighted by atomic mass is 10.1. The number of hydrogen-bond donors (Lipinski definition) is 1. The van der Waals surface area contributed by atoms with Gasteiger partial charge in [-0.3, -0.25) is 4.79 Å². The van der Waals surface area contributed by atoms with Crippen LogP contribution in [0.1, 0.15) is 11.1 Å². The van der Waals surface area contributed by atoms with E-state index < -0.39 is 15.8 Å². The van der Waals surface area contributed by atoms with Crippen LogP contribution in [0.3, 0.4) is 0 Å². The second kappa shape index (κ2) is 6.41. The molecule has 0 heterocycles. The Hall–Kier alpha value is -1.66. The number of halogens is 1. The summed E-state index contributed by atoms with van der Waals surface area (Å²) in [6, 6.07) is 13.1. The van der Waals surface area contributed by atoms with Gasteiger partial charge in [0.15, 0.2) is 9.84 Å². The molecule has 0 aromatic heterocycles. The first-order valence-electron chi connectivity index (χ1n) is 6.15. The SMILES string of the molecule is O=C(O)Cc1ccc(CS(=O)(=O)c2cccc(Br)c2)cc1. The van der Waals surface area contributed by atoms with Crippen LogP contribution in [-0.4, -0.2) is 19.5 Å². The summed E-state index contributed by atoms with van der Waals surface area (Å²) < 4.78 is 25.3. The maximum absolute atomic E-state index is 12.3. The minimum absolute atomic E-state index is 0.0708. The molecule has 2 aromatic carbocycles. The molecule has 110 valence electrons. The molecule has 6 heteroatoms. The van der Waals surface area contributed by atoms with E-state index in [2.05, 4.69) is 15.9 Å². The monoisotopic (exact) mass is 368 g/mol. The Balaban J connectivity index is 2.19. The molecule has 1 N–H and O–H groups in total. The van der Waals surface area contributed by atoms with E-state index in [1.165, 1.54) is 0 Å². The third-order valence-electron chi connectivity index (χ3n) is 2.89. The highest BCUT2D eigenvalue weighted by Gasteiger charge is 2.15. The van der Waals surface area contributed by atoms with Crippen molar-refractivity contribution < 1.29 is 18.3 Å². The summed E-state index contributed by atoms with van der Waals surface area (Å²) in [7, 11) is -3.42. The van der Waals surface area contributed by atoms with Crippen molar-refractivity contribution in [1.82, 2.24) is 0 Å². The van der Waals surface area contributed by atoms with Gasteiger partial charge < -0.3 is 5.11 Å². The number of carboxylic acid groups (broad SMARTS) is 1. The molecular formula is C15H13BrO4S. The number of benzene rings is 2. The average Bonchev–Trinajstić information content (AvgIpc) is 2.40. The van der Waals surface area contributed by atoms with Gasteiger partial charge in [0.25, 0.3) is 0 Å². The summed E-state index contributed by atoms with van der Waals surface area (Å²) >= 11 is 3.25. The first-order chi connectivity index (χ1) is 9.87. The number of sulfone groups is 1. The average molecular weight is 369 g/mol. The zero-order chi connectivity index (χ0) is 15.5. The molecule has 21 heavy (non-hydrogen) atoms. The molecule has 4 nitrogen and oxygen atoms in total. The van der Waals surface area contributed by atoms with E-state index in [0.29, 0.717) is 15.6 Å². The van der Waals surface area contributed by atoms with Crippen LogP contribution in [0, 0.1) is 0 Å². The van der Waals surface area contributed by atoms with Crippen LogP contribution in [0.15, 0.2) is 57.9 Å². The first kappa shape index (κ1) is 15.7. The molecule has 0 atom stereocenters. The minimum atomic E-state index is -3.42. The second-order valence-corrected chi connectivity index (χ2v) is 7.51. The van der Waals surface area contributed by atoms with E-state index in [0.717, 1.165) is 0 Å². The Morgan fingerprint density at radius 2 is 1.67 bits per heavy atom. The summed E-state index contributed by atoms with van der Waals surface area (Å²) in [6.07, 6.45) is -0.0708. The molecule has 0 bridgehead atoms. The molecule has 0 spiro atoms. The Labute approximate surface area is 131 Å². The zero-order valence-electron chi connectivity index (χ0n) is 11.0. The molecule has 0 saturated carbocycles. The molecule has 0 saturated heterocycles. The lowest BCUT2D eigenvalue weighted by molar-refractivity contribution is -0.136. The summed E-state index contributed by atoms with van der Waals surface area (Å²) in [6.45, 7) is 0. The van der Waals surface area contributed by atoms with Crippen LogP contribution >= 0.6 is 15.9 Å². The molecule has 0 aliphatic carbocycles. The van der Waals surface area contributed by atoms with Gasteiger partial charge in [-0.1, -0.05) is 46.3 Å². The van der Waals surface area contributed by atoms with Gasteiger partial charge >= 0.3 is 5.97 Å². The van der Waals surface area contributed by atoms with E-state index in [-0.39, 0.29) is 17.1 Å². The van der Waals surface area contributed by atoms with E-state index in [4.69, 9.17) is 5.11 Å². The summed E-state index contributed by atoms with van der Waals surface area (Å²) in [5.74, 6) is -1.03. The van der Waals surface area contributed by atoms with Crippen molar-refractivity contribution in [2.75, 3.05) is 0 Å². The van der Waals surface area contributed by atoms with Gasteiger partial charge in [0.1, 0.15) is 0 Å². The predicted octanol–water partition coefficient (Wildman–Crippen LogP) is 3.05. The maximum atomic E-state index is 12.3. The van der Waals surface area contributed by atoms with Crippen LogP contribution in [0.5, 0.6) is 0 Å². The molecule has 0 unspecified atom stereocenters. The number of carbonyl (C=O) groups is 1. The fraction of sp³-hybridized carbons (Fsp3) is 0.133. The Bertz CT molecular complexity index is 751. The standard InChI is InChI=1S/C15H13BrO4S/c16-13-2-1-3-14(9-13)21(19,20)10-12-6-4-11(5-7-12)8-15(17)18/h1-7,9H,8,10H2,(H,17,18). The zero-order valence-corrected chi connectivity index (χ0v) is 13.4. The smallest absolute Gasteiger partial charge is 0.307 e. The Morgan fingerprint density at radius 3 is 2.24 bits per heavy atom. The van der Waals surface area contributed by atoms with Crippen molar-refractivity contribution in [1.29, 1.82) is 0 Å². The van der Waals surface area contributed by atoms with Crippen molar-refractivity contribution in [2.45, 2.75) is 17.1 Å². The number of hydrogen-bond acceptors (Lipinski definition) is 3. The number of rotatable bonds is 5. The van der Waals surface area contributed by atoms with Gasteiger partial charge in [-0.05, 0) is 29.3 Å². The van der Waals surface area contributed by atoms with Gasteiger partial charge in [0.2, 0.25) is 0 Å². The molecule has 0 aliphatic heterocycles. The fourth-order valence-corrected chi connectivity index (χ4v) is 3.83. The van der Waals surface area contributed by atoms with Gasteiger partial charge in [-0.15, -0.1) is 0 Å². The lowest BCUT2D eigenvalue weighted by Crippen LogP contribution is -2.05.